The van der Waals surface area contributed by atoms with Crippen LogP contribution >= 0.6 is 23.1 Å². The lowest BCUT2D eigenvalue weighted by molar-refractivity contribution is 0.588. The second-order valence-electron chi connectivity index (χ2n) is 5.67. The fraction of sp³-hybridized carbons (Fsp3) is 0.118. The van der Waals surface area contributed by atoms with Crippen molar-refractivity contribution in [1.82, 2.24) is 9.71 Å². The summed E-state index contributed by atoms with van der Waals surface area (Å²) in [7, 11) is -6.40. The molecule has 2 N–H and O–H groups in total. The maximum Gasteiger partial charge on any atom is 0.261 e. The van der Waals surface area contributed by atoms with Crippen molar-refractivity contribution in [2.75, 3.05) is 11.8 Å². The van der Waals surface area contributed by atoms with Crippen LogP contribution in [0, 0.1) is 6.92 Å². The molecule has 0 unspecified atom stereocenters. The minimum atomic E-state index is -3.93. The summed E-state index contributed by atoms with van der Waals surface area (Å²) in [6.45, 7) is 1.93. The van der Waals surface area contributed by atoms with Crippen LogP contribution in [0.5, 0.6) is 0 Å². The lowest BCUT2D eigenvalue weighted by Crippen LogP contribution is -2.19. The zero-order chi connectivity index (χ0) is 20.4. The number of nitrogens with zero attached hydrogens (tertiary/aromatic N) is 1. The molecule has 0 atom stereocenters. The molecule has 0 radical (unpaired) electrons. The Kier molecular flexibility index (Phi) is 6.10. The number of benzene rings is 2. The van der Waals surface area contributed by atoms with Crippen molar-refractivity contribution in [3.05, 3.63) is 59.6 Å². The average Bonchev–Trinajstić information content (AvgIpc) is 3.08. The fourth-order valence-corrected chi connectivity index (χ4v) is 5.98. The van der Waals surface area contributed by atoms with Gasteiger partial charge in [0.2, 0.25) is 10.0 Å². The highest BCUT2D eigenvalue weighted by molar-refractivity contribution is 8.01. The zero-order valence-corrected chi connectivity index (χ0v) is 18.2. The Hall–Kier alpha value is -1.92. The molecule has 11 heteroatoms. The van der Waals surface area contributed by atoms with Crippen LogP contribution in [0.15, 0.2) is 72.9 Å². The highest BCUT2D eigenvalue weighted by Gasteiger charge is 2.18. The van der Waals surface area contributed by atoms with Crippen LogP contribution in [0.1, 0.15) is 5.69 Å². The van der Waals surface area contributed by atoms with Gasteiger partial charge in [-0.2, -0.15) is 0 Å². The first-order valence-electron chi connectivity index (χ1n) is 7.96. The lowest BCUT2D eigenvalue weighted by Gasteiger charge is -2.10. The Morgan fingerprint density at radius 3 is 2.18 bits per heavy atom. The van der Waals surface area contributed by atoms with Gasteiger partial charge in [0.25, 0.3) is 10.0 Å². The van der Waals surface area contributed by atoms with Gasteiger partial charge in [-0.3, -0.25) is 4.72 Å². The number of sulfonamides is 2. The minimum Gasteiger partial charge on any atom is -0.280 e. The summed E-state index contributed by atoms with van der Waals surface area (Å²) in [5.41, 5.74) is 1.33. The monoisotopic (exact) mass is 455 g/mol. The summed E-state index contributed by atoms with van der Waals surface area (Å²) in [5.74, 6) is 0. The van der Waals surface area contributed by atoms with Crippen molar-refractivity contribution < 1.29 is 16.8 Å². The largest absolute Gasteiger partial charge is 0.280 e. The van der Waals surface area contributed by atoms with Crippen molar-refractivity contribution in [3.8, 4) is 0 Å². The number of hydrogen-bond donors (Lipinski definition) is 2. The third-order valence-electron chi connectivity index (χ3n) is 3.60. The minimum absolute atomic E-state index is 0.122. The smallest absolute Gasteiger partial charge is 0.261 e. The summed E-state index contributed by atoms with van der Waals surface area (Å²) in [6, 6.07) is 12.0. The molecule has 1 aromatic heterocycles. The first-order valence-corrected chi connectivity index (χ1v) is 12.6. The van der Waals surface area contributed by atoms with Crippen LogP contribution in [0.2, 0.25) is 0 Å². The number of nitrogens with one attached hydrogen (secondary N) is 2. The quantitative estimate of drug-likeness (QED) is 0.566. The zero-order valence-electron chi connectivity index (χ0n) is 14.9. The van der Waals surface area contributed by atoms with Gasteiger partial charge in [0.1, 0.15) is 0 Å². The molecule has 0 bridgehead atoms. The molecule has 0 fully saturated rings. The molecule has 148 valence electrons. The number of thiazole rings is 1. The van der Waals surface area contributed by atoms with Crippen LogP contribution in [0.3, 0.4) is 0 Å². The van der Waals surface area contributed by atoms with E-state index in [1.807, 2.05) is 12.3 Å². The van der Waals surface area contributed by atoms with Gasteiger partial charge >= 0.3 is 0 Å². The van der Waals surface area contributed by atoms with E-state index in [1.165, 1.54) is 37.0 Å². The summed E-state index contributed by atoms with van der Waals surface area (Å²) in [6.07, 6.45) is 0. The Bertz CT molecular complexity index is 1190. The molecular weight excluding hydrogens is 438 g/mol. The van der Waals surface area contributed by atoms with E-state index in [-0.39, 0.29) is 9.79 Å². The van der Waals surface area contributed by atoms with E-state index < -0.39 is 20.0 Å². The molecule has 0 spiro atoms. The second-order valence-corrected chi connectivity index (χ2v) is 11.4. The SMILES string of the molecule is CNS(=O)(=O)c1cccc(S(=O)(=O)Nc2ccc(Sc3nc(C)cs3)cc2)c1. The molecule has 0 aliphatic heterocycles. The van der Waals surface area contributed by atoms with Crippen molar-refractivity contribution in [1.29, 1.82) is 0 Å². The Labute approximate surface area is 172 Å². The van der Waals surface area contributed by atoms with Crippen molar-refractivity contribution in [2.24, 2.45) is 0 Å². The van der Waals surface area contributed by atoms with Gasteiger partial charge < -0.3 is 0 Å². The topological polar surface area (TPSA) is 105 Å². The van der Waals surface area contributed by atoms with Gasteiger partial charge in [0, 0.05) is 21.7 Å². The second kappa shape index (κ2) is 8.21. The number of anilines is 1. The first kappa shape index (κ1) is 20.8. The standard InChI is InChI=1S/C17H17N3O4S4/c1-12-11-25-17(19-12)26-14-8-6-13(7-9-14)20-28(23,24)16-5-3-4-15(10-16)27(21,22)18-2/h3-11,18,20H,1-2H3. The molecule has 3 rings (SSSR count). The third kappa shape index (κ3) is 4.92. The predicted molar refractivity (Wildman–Crippen MR) is 111 cm³/mol. The first-order chi connectivity index (χ1) is 13.2. The Balaban J connectivity index is 1.78. The van der Waals surface area contributed by atoms with E-state index >= 15 is 0 Å². The maximum atomic E-state index is 12.6. The maximum absolute atomic E-state index is 12.6. The molecule has 0 saturated carbocycles. The Morgan fingerprint density at radius 1 is 0.964 bits per heavy atom. The van der Waals surface area contributed by atoms with E-state index in [0.717, 1.165) is 21.0 Å². The predicted octanol–water partition coefficient (Wildman–Crippen LogP) is 3.31. The molecule has 28 heavy (non-hydrogen) atoms. The number of aromatic nitrogens is 1. The van der Waals surface area contributed by atoms with Crippen molar-refractivity contribution in [3.63, 3.8) is 0 Å². The number of rotatable bonds is 7. The molecule has 3 aromatic rings. The summed E-state index contributed by atoms with van der Waals surface area (Å²) in [5, 5.41) is 1.97. The summed E-state index contributed by atoms with van der Waals surface area (Å²) < 4.78 is 54.5. The molecular formula is C17H17N3O4S4. The van der Waals surface area contributed by atoms with Crippen LogP contribution in [-0.4, -0.2) is 28.9 Å². The van der Waals surface area contributed by atoms with E-state index in [0.29, 0.717) is 5.69 Å². The highest BCUT2D eigenvalue weighted by atomic mass is 32.2. The van der Waals surface area contributed by atoms with Gasteiger partial charge in [0.15, 0.2) is 4.34 Å². The molecule has 0 amide bonds. The van der Waals surface area contributed by atoms with Crippen LogP contribution in [0.4, 0.5) is 5.69 Å². The number of aryl methyl sites for hydroxylation is 1. The van der Waals surface area contributed by atoms with Gasteiger partial charge in [-0.05, 0) is 56.4 Å². The summed E-state index contributed by atoms with van der Waals surface area (Å²) in [4.78, 5) is 5.05. The third-order valence-corrected chi connectivity index (χ3v) is 8.46. The van der Waals surface area contributed by atoms with Crippen LogP contribution in [0.25, 0.3) is 0 Å². The van der Waals surface area contributed by atoms with Crippen molar-refractivity contribution >= 4 is 48.8 Å². The van der Waals surface area contributed by atoms with Crippen LogP contribution in [-0.2, 0) is 20.0 Å². The van der Waals surface area contributed by atoms with Crippen molar-refractivity contribution in [2.45, 2.75) is 25.9 Å². The molecule has 0 aliphatic rings. The normalized spacial score (nSPS) is 12.1. The molecule has 2 aromatic carbocycles. The molecule has 1 heterocycles. The molecule has 0 aliphatic carbocycles. The highest BCUT2D eigenvalue weighted by Crippen LogP contribution is 2.31. The Morgan fingerprint density at radius 2 is 1.61 bits per heavy atom. The number of hydrogen-bond acceptors (Lipinski definition) is 7. The van der Waals surface area contributed by atoms with E-state index in [1.54, 1.807) is 35.6 Å². The fourth-order valence-electron chi connectivity index (χ4n) is 2.21. The lowest BCUT2D eigenvalue weighted by atomic mass is 10.3. The van der Waals surface area contributed by atoms with Gasteiger partial charge in [-0.25, -0.2) is 26.5 Å². The average molecular weight is 456 g/mol. The molecule has 7 nitrogen and oxygen atoms in total. The van der Waals surface area contributed by atoms with Crippen LogP contribution < -0.4 is 9.44 Å². The van der Waals surface area contributed by atoms with E-state index in [4.69, 9.17) is 0 Å². The van der Waals surface area contributed by atoms with Gasteiger partial charge in [-0.1, -0.05) is 17.8 Å². The summed E-state index contributed by atoms with van der Waals surface area (Å²) >= 11 is 3.04. The molecule has 0 saturated heterocycles. The van der Waals surface area contributed by atoms with E-state index in [9.17, 15) is 16.8 Å². The van der Waals surface area contributed by atoms with Gasteiger partial charge in [0.05, 0.1) is 9.79 Å². The van der Waals surface area contributed by atoms with E-state index in [2.05, 4.69) is 14.4 Å². The van der Waals surface area contributed by atoms with Gasteiger partial charge in [-0.15, -0.1) is 11.3 Å².